The maximum atomic E-state index is 11.5. The Hall–Kier alpha value is -2.52. The van der Waals surface area contributed by atoms with E-state index in [0.29, 0.717) is 22.4 Å². The average Bonchev–Trinajstić information content (AvgIpc) is 3.19. The Morgan fingerprint density at radius 1 is 1.19 bits per heavy atom. The van der Waals surface area contributed by atoms with Crippen molar-refractivity contribution in [3.05, 3.63) is 54.5 Å². The molecule has 4 unspecified atom stereocenters. The van der Waals surface area contributed by atoms with Crippen LogP contribution >= 0.6 is 0 Å². The lowest BCUT2D eigenvalue weighted by Crippen LogP contribution is -2.43. The summed E-state index contributed by atoms with van der Waals surface area (Å²) < 4.78 is 7.62. The van der Waals surface area contributed by atoms with Gasteiger partial charge in [-0.05, 0) is 18.1 Å². The van der Waals surface area contributed by atoms with Crippen LogP contribution in [-0.2, 0) is 10.3 Å². The summed E-state index contributed by atoms with van der Waals surface area (Å²) in [5.41, 5.74) is 5.19. The zero-order chi connectivity index (χ0) is 18.3. The van der Waals surface area contributed by atoms with E-state index in [1.165, 1.54) is 6.33 Å². The van der Waals surface area contributed by atoms with Gasteiger partial charge in [0, 0.05) is 12.8 Å². The molecule has 0 saturated carbocycles. The minimum Gasteiger partial charge on any atom is -0.396 e. The second-order valence-corrected chi connectivity index (χ2v) is 6.39. The minimum absolute atomic E-state index is 0.166. The number of anilines is 1. The van der Waals surface area contributed by atoms with Gasteiger partial charge in [-0.1, -0.05) is 30.3 Å². The fourth-order valence-electron chi connectivity index (χ4n) is 3.60. The van der Waals surface area contributed by atoms with Crippen molar-refractivity contribution in [2.75, 3.05) is 12.3 Å². The first-order valence-corrected chi connectivity index (χ1v) is 8.36. The van der Waals surface area contributed by atoms with Gasteiger partial charge >= 0.3 is 0 Å². The molecule has 136 valence electrons. The van der Waals surface area contributed by atoms with Crippen molar-refractivity contribution in [3.63, 3.8) is 0 Å². The minimum atomic E-state index is -1.72. The summed E-state index contributed by atoms with van der Waals surface area (Å²) in [6.07, 6.45) is 0.339. The second-order valence-electron chi connectivity index (χ2n) is 6.39. The molecule has 3 aromatic rings. The Kier molecular flexibility index (Phi) is 4.12. The van der Waals surface area contributed by atoms with Crippen LogP contribution in [0.3, 0.4) is 0 Å². The fourth-order valence-corrected chi connectivity index (χ4v) is 3.60. The number of aromatic nitrogens is 3. The lowest BCUT2D eigenvalue weighted by Gasteiger charge is -2.32. The predicted molar refractivity (Wildman–Crippen MR) is 93.9 cm³/mol. The average molecular weight is 356 g/mol. The summed E-state index contributed by atoms with van der Waals surface area (Å²) in [4.78, 5) is 8.22. The zero-order valence-electron chi connectivity index (χ0n) is 13.9. The van der Waals surface area contributed by atoms with E-state index < -0.39 is 24.0 Å². The molecule has 2 aromatic heterocycles. The zero-order valence-corrected chi connectivity index (χ0v) is 13.9. The van der Waals surface area contributed by atoms with Gasteiger partial charge < -0.3 is 30.4 Å². The van der Waals surface area contributed by atoms with Crippen molar-refractivity contribution in [2.45, 2.75) is 30.5 Å². The van der Waals surface area contributed by atoms with E-state index in [1.807, 2.05) is 6.07 Å². The van der Waals surface area contributed by atoms with E-state index in [-0.39, 0.29) is 13.0 Å². The monoisotopic (exact) mass is 356 g/mol. The number of hydrogen-bond donors (Lipinski definition) is 4. The number of nitrogen functional groups attached to an aromatic ring is 1. The van der Waals surface area contributed by atoms with Crippen LogP contribution in [0.2, 0.25) is 0 Å². The molecule has 1 aromatic carbocycles. The van der Waals surface area contributed by atoms with Crippen molar-refractivity contribution in [1.29, 1.82) is 0 Å². The van der Waals surface area contributed by atoms with Gasteiger partial charge in [-0.3, -0.25) is 0 Å². The van der Waals surface area contributed by atoms with E-state index in [9.17, 15) is 15.3 Å². The molecular formula is C18H20N4O4. The van der Waals surface area contributed by atoms with Gasteiger partial charge in [-0.25, -0.2) is 9.97 Å². The highest BCUT2D eigenvalue weighted by molar-refractivity contribution is 5.86. The summed E-state index contributed by atoms with van der Waals surface area (Å²) in [6, 6.07) is 10.6. The maximum Gasteiger partial charge on any atom is 0.171 e. The second kappa shape index (κ2) is 6.33. The van der Waals surface area contributed by atoms with Gasteiger partial charge in [0.1, 0.15) is 23.9 Å². The van der Waals surface area contributed by atoms with Crippen molar-refractivity contribution in [2.24, 2.45) is 0 Å². The van der Waals surface area contributed by atoms with Crippen LogP contribution in [0.5, 0.6) is 0 Å². The van der Waals surface area contributed by atoms with Gasteiger partial charge in [0.2, 0.25) is 0 Å². The quantitative estimate of drug-likeness (QED) is 0.537. The van der Waals surface area contributed by atoms with Crippen LogP contribution in [0.1, 0.15) is 18.2 Å². The summed E-state index contributed by atoms with van der Waals surface area (Å²) in [6.45, 7) is -0.166. The number of aliphatic hydroxyl groups excluding tert-OH is 2. The van der Waals surface area contributed by atoms with Gasteiger partial charge in [-0.2, -0.15) is 0 Å². The SMILES string of the molecule is Nc1ncnc2c1ccn2C1OC(CCO)C(O)C1(O)c1ccccc1. The van der Waals surface area contributed by atoms with E-state index in [4.69, 9.17) is 10.5 Å². The lowest BCUT2D eigenvalue weighted by molar-refractivity contribution is -0.113. The fraction of sp³-hybridized carbons (Fsp3) is 0.333. The molecule has 0 aliphatic carbocycles. The maximum absolute atomic E-state index is 11.5. The van der Waals surface area contributed by atoms with Crippen LogP contribution < -0.4 is 5.73 Å². The largest absolute Gasteiger partial charge is 0.396 e. The summed E-state index contributed by atoms with van der Waals surface area (Å²) in [5.74, 6) is 0.322. The van der Waals surface area contributed by atoms with E-state index >= 15 is 0 Å². The number of nitrogens with zero attached hydrogens (tertiary/aromatic N) is 3. The number of fused-ring (bicyclic) bond motifs is 1. The molecule has 0 amide bonds. The third-order valence-electron chi connectivity index (χ3n) is 4.93. The highest BCUT2D eigenvalue weighted by atomic mass is 16.6. The molecule has 0 spiro atoms. The third kappa shape index (κ3) is 2.38. The van der Waals surface area contributed by atoms with Gasteiger partial charge in [-0.15, -0.1) is 0 Å². The Balaban J connectivity index is 1.88. The summed E-state index contributed by atoms with van der Waals surface area (Å²) in [7, 11) is 0. The molecule has 26 heavy (non-hydrogen) atoms. The summed E-state index contributed by atoms with van der Waals surface area (Å²) >= 11 is 0. The number of benzene rings is 1. The number of hydrogen-bond acceptors (Lipinski definition) is 7. The number of nitrogens with two attached hydrogens (primary N) is 1. The van der Waals surface area contributed by atoms with E-state index in [0.717, 1.165) is 0 Å². The molecule has 1 fully saturated rings. The van der Waals surface area contributed by atoms with Crippen molar-refractivity contribution < 1.29 is 20.1 Å². The highest BCUT2D eigenvalue weighted by Gasteiger charge is 2.57. The molecule has 4 atom stereocenters. The van der Waals surface area contributed by atoms with E-state index in [2.05, 4.69) is 9.97 Å². The normalized spacial score (nSPS) is 28.7. The smallest absolute Gasteiger partial charge is 0.171 e. The van der Waals surface area contributed by atoms with Gasteiger partial charge in [0.05, 0.1) is 11.5 Å². The Labute approximate surface area is 149 Å². The van der Waals surface area contributed by atoms with Crippen molar-refractivity contribution in [3.8, 4) is 0 Å². The van der Waals surface area contributed by atoms with E-state index in [1.54, 1.807) is 41.1 Å². The molecule has 1 aliphatic rings. The molecule has 5 N–H and O–H groups in total. The first-order valence-electron chi connectivity index (χ1n) is 8.36. The van der Waals surface area contributed by atoms with Crippen molar-refractivity contribution >= 4 is 16.9 Å². The number of aliphatic hydroxyl groups is 3. The Morgan fingerprint density at radius 2 is 1.96 bits per heavy atom. The van der Waals surface area contributed by atoms with Crippen LogP contribution in [-0.4, -0.2) is 48.7 Å². The Bertz CT molecular complexity index is 916. The Morgan fingerprint density at radius 3 is 2.69 bits per heavy atom. The molecule has 3 heterocycles. The molecule has 1 aliphatic heterocycles. The van der Waals surface area contributed by atoms with Crippen LogP contribution in [0, 0.1) is 0 Å². The first-order chi connectivity index (χ1) is 12.6. The van der Waals surface area contributed by atoms with Crippen LogP contribution in [0.4, 0.5) is 5.82 Å². The van der Waals surface area contributed by atoms with Gasteiger partial charge in [0.15, 0.2) is 11.8 Å². The highest BCUT2D eigenvalue weighted by Crippen LogP contribution is 2.47. The number of ether oxygens (including phenoxy) is 1. The lowest BCUT2D eigenvalue weighted by atomic mass is 9.85. The van der Waals surface area contributed by atoms with Crippen LogP contribution in [0.15, 0.2) is 48.9 Å². The van der Waals surface area contributed by atoms with Crippen molar-refractivity contribution in [1.82, 2.24) is 14.5 Å². The molecule has 0 radical (unpaired) electrons. The van der Waals surface area contributed by atoms with Crippen LogP contribution in [0.25, 0.3) is 11.0 Å². The molecule has 4 rings (SSSR count). The first kappa shape index (κ1) is 16.9. The standard InChI is InChI=1S/C18H20N4O4/c19-15-12-6-8-22(16(12)21-10-20-15)17-18(25,11-4-2-1-3-5-11)14(24)13(26-17)7-9-23/h1-6,8,10,13-14,17,23-25H,7,9H2,(H2,19,20,21). The molecule has 0 bridgehead atoms. The molecule has 8 nitrogen and oxygen atoms in total. The molecule has 8 heteroatoms. The molecular weight excluding hydrogens is 336 g/mol. The molecule has 1 saturated heterocycles. The summed E-state index contributed by atoms with van der Waals surface area (Å²) in [5, 5.41) is 32.3. The topological polar surface area (TPSA) is 127 Å². The number of rotatable bonds is 4. The third-order valence-corrected chi connectivity index (χ3v) is 4.93. The van der Waals surface area contributed by atoms with Gasteiger partial charge in [0.25, 0.3) is 0 Å². The predicted octanol–water partition coefficient (Wildman–Crippen LogP) is 0.542.